The van der Waals surface area contributed by atoms with Crippen LogP contribution in [0.15, 0.2) is 12.2 Å². The van der Waals surface area contributed by atoms with Crippen LogP contribution in [0.4, 0.5) is 4.79 Å². The van der Waals surface area contributed by atoms with Crippen molar-refractivity contribution in [2.75, 3.05) is 19.6 Å². The Bertz CT molecular complexity index is 329. The molecule has 1 unspecified atom stereocenters. The highest BCUT2D eigenvalue weighted by atomic mass is 16.4. The molecule has 0 aromatic rings. The highest BCUT2D eigenvalue weighted by Crippen LogP contribution is 2.21. The van der Waals surface area contributed by atoms with E-state index in [1.54, 1.807) is 0 Å². The lowest BCUT2D eigenvalue weighted by Crippen LogP contribution is -2.40. The molecule has 1 aliphatic heterocycles. The third kappa shape index (κ3) is 6.27. The molecule has 2 N–H and O–H groups in total. The van der Waals surface area contributed by atoms with Crippen LogP contribution in [0, 0.1) is 5.92 Å². The smallest absolute Gasteiger partial charge is 0.328 e. The molecule has 0 radical (unpaired) electrons. The average molecular weight is 268 g/mol. The lowest BCUT2D eigenvalue weighted by molar-refractivity contribution is -0.131. The van der Waals surface area contributed by atoms with Crippen molar-refractivity contribution in [2.24, 2.45) is 5.92 Å². The van der Waals surface area contributed by atoms with E-state index in [-0.39, 0.29) is 12.6 Å². The Hall–Kier alpha value is -1.52. The maximum Gasteiger partial charge on any atom is 0.328 e. The Labute approximate surface area is 114 Å². The van der Waals surface area contributed by atoms with Crippen molar-refractivity contribution in [3.63, 3.8) is 0 Å². The summed E-state index contributed by atoms with van der Waals surface area (Å²) in [7, 11) is 0. The summed E-state index contributed by atoms with van der Waals surface area (Å²) < 4.78 is 0. The van der Waals surface area contributed by atoms with Gasteiger partial charge in [0.25, 0.3) is 0 Å². The van der Waals surface area contributed by atoms with E-state index in [1.807, 2.05) is 4.90 Å². The van der Waals surface area contributed by atoms with Gasteiger partial charge < -0.3 is 15.3 Å². The van der Waals surface area contributed by atoms with Gasteiger partial charge in [0.15, 0.2) is 0 Å². The van der Waals surface area contributed by atoms with E-state index in [0.717, 1.165) is 37.9 Å². The van der Waals surface area contributed by atoms with Crippen LogP contribution in [0.2, 0.25) is 0 Å². The first-order valence-corrected chi connectivity index (χ1v) is 7.05. The number of hydrogen-bond acceptors (Lipinski definition) is 2. The van der Waals surface area contributed by atoms with Gasteiger partial charge in [0.1, 0.15) is 0 Å². The highest BCUT2D eigenvalue weighted by molar-refractivity contribution is 5.80. The van der Waals surface area contributed by atoms with E-state index in [1.165, 1.54) is 25.3 Å². The first-order chi connectivity index (χ1) is 9.13. The number of nitrogens with one attached hydrogen (secondary N) is 1. The molecule has 0 aliphatic carbocycles. The molecule has 2 amide bonds. The molecule has 108 valence electrons. The van der Waals surface area contributed by atoms with Gasteiger partial charge in [0, 0.05) is 25.7 Å². The number of rotatable bonds is 5. The number of carboxylic acid groups (broad SMARTS) is 1. The van der Waals surface area contributed by atoms with Crippen LogP contribution in [0.3, 0.4) is 0 Å². The van der Waals surface area contributed by atoms with Gasteiger partial charge in [0.2, 0.25) is 0 Å². The van der Waals surface area contributed by atoms with Crippen molar-refractivity contribution >= 4 is 12.0 Å². The lowest BCUT2D eigenvalue weighted by Gasteiger charge is -2.20. The molecule has 19 heavy (non-hydrogen) atoms. The predicted octanol–water partition coefficient (Wildman–Crippen LogP) is 2.24. The fourth-order valence-corrected chi connectivity index (χ4v) is 2.48. The Kier molecular flexibility index (Phi) is 7.00. The van der Waals surface area contributed by atoms with Gasteiger partial charge in [-0.3, -0.25) is 0 Å². The quantitative estimate of drug-likeness (QED) is 0.751. The second kappa shape index (κ2) is 8.56. The van der Waals surface area contributed by atoms with Gasteiger partial charge in [0.05, 0.1) is 0 Å². The fourth-order valence-electron chi connectivity index (χ4n) is 2.48. The average Bonchev–Trinajstić information content (AvgIpc) is 2.60. The van der Waals surface area contributed by atoms with E-state index in [9.17, 15) is 9.59 Å². The molecule has 1 rings (SSSR count). The molecular formula is C14H24N2O3. The maximum absolute atomic E-state index is 11.9. The van der Waals surface area contributed by atoms with Crippen LogP contribution in [-0.2, 0) is 4.79 Å². The Morgan fingerprint density at radius 3 is 2.84 bits per heavy atom. The highest BCUT2D eigenvalue weighted by Gasteiger charge is 2.19. The molecule has 0 bridgehead atoms. The summed E-state index contributed by atoms with van der Waals surface area (Å²) in [6.07, 6.45) is 8.28. The van der Waals surface area contributed by atoms with Crippen molar-refractivity contribution in [1.29, 1.82) is 0 Å². The van der Waals surface area contributed by atoms with E-state index in [0.29, 0.717) is 0 Å². The van der Waals surface area contributed by atoms with Crippen LogP contribution in [0.25, 0.3) is 0 Å². The fraction of sp³-hybridized carbons (Fsp3) is 0.714. The van der Waals surface area contributed by atoms with Crippen molar-refractivity contribution in [3.05, 3.63) is 12.2 Å². The molecule has 1 atom stereocenters. The zero-order chi connectivity index (χ0) is 14.1. The number of carbonyl (C=O) groups is 2. The van der Waals surface area contributed by atoms with Crippen LogP contribution < -0.4 is 5.32 Å². The second-order valence-electron chi connectivity index (χ2n) is 5.00. The SMILES string of the molecule is CCCC1CCCN(C(=O)NC/C=C/C(=O)O)CC1. The van der Waals surface area contributed by atoms with Crippen LogP contribution in [0.5, 0.6) is 0 Å². The van der Waals surface area contributed by atoms with Crippen LogP contribution in [-0.4, -0.2) is 41.6 Å². The Balaban J connectivity index is 2.30. The minimum absolute atomic E-state index is 0.0906. The zero-order valence-electron chi connectivity index (χ0n) is 11.6. The van der Waals surface area contributed by atoms with Gasteiger partial charge in [-0.15, -0.1) is 0 Å². The number of hydrogen-bond donors (Lipinski definition) is 2. The van der Waals surface area contributed by atoms with Crippen molar-refractivity contribution < 1.29 is 14.7 Å². The van der Waals surface area contributed by atoms with Crippen LogP contribution in [0.1, 0.15) is 39.0 Å². The number of nitrogens with zero attached hydrogens (tertiary/aromatic N) is 1. The number of carboxylic acids is 1. The van der Waals surface area contributed by atoms with Crippen molar-refractivity contribution in [3.8, 4) is 0 Å². The van der Waals surface area contributed by atoms with E-state index in [4.69, 9.17) is 5.11 Å². The van der Waals surface area contributed by atoms with E-state index >= 15 is 0 Å². The lowest BCUT2D eigenvalue weighted by atomic mass is 9.96. The number of amides is 2. The molecule has 5 heteroatoms. The minimum atomic E-state index is -0.994. The summed E-state index contributed by atoms with van der Waals surface area (Å²) in [5.74, 6) is -0.249. The van der Waals surface area contributed by atoms with Gasteiger partial charge in [-0.25, -0.2) is 9.59 Å². The van der Waals surface area contributed by atoms with Gasteiger partial charge in [-0.2, -0.15) is 0 Å². The molecule has 1 aliphatic rings. The molecular weight excluding hydrogens is 244 g/mol. The summed E-state index contributed by atoms with van der Waals surface area (Å²) >= 11 is 0. The second-order valence-corrected chi connectivity index (χ2v) is 5.00. The molecule has 0 aromatic heterocycles. The van der Waals surface area contributed by atoms with E-state index in [2.05, 4.69) is 12.2 Å². The van der Waals surface area contributed by atoms with Gasteiger partial charge in [-0.05, 0) is 25.2 Å². The predicted molar refractivity (Wildman–Crippen MR) is 74.0 cm³/mol. The normalized spacial score (nSPS) is 20.3. The Morgan fingerprint density at radius 1 is 1.37 bits per heavy atom. The zero-order valence-corrected chi connectivity index (χ0v) is 11.6. The standard InChI is InChI=1S/C14H24N2O3/c1-2-5-12-6-4-10-16(11-8-12)14(19)15-9-3-7-13(17)18/h3,7,12H,2,4-6,8-11H2,1H3,(H,15,19)(H,17,18)/b7-3+. The number of carbonyl (C=O) groups excluding carboxylic acids is 1. The topological polar surface area (TPSA) is 69.6 Å². The minimum Gasteiger partial charge on any atom is -0.478 e. The van der Waals surface area contributed by atoms with E-state index < -0.39 is 5.97 Å². The first-order valence-electron chi connectivity index (χ1n) is 7.05. The number of aliphatic carboxylic acids is 1. The summed E-state index contributed by atoms with van der Waals surface area (Å²) in [5, 5.41) is 11.2. The first kappa shape index (κ1) is 15.5. The molecule has 1 heterocycles. The van der Waals surface area contributed by atoms with Gasteiger partial charge >= 0.3 is 12.0 Å². The maximum atomic E-state index is 11.9. The van der Waals surface area contributed by atoms with Crippen LogP contribution >= 0.6 is 0 Å². The summed E-state index contributed by atoms with van der Waals surface area (Å²) in [6.45, 7) is 4.07. The molecule has 1 saturated heterocycles. The van der Waals surface area contributed by atoms with Crippen molar-refractivity contribution in [1.82, 2.24) is 10.2 Å². The van der Waals surface area contributed by atoms with Crippen molar-refractivity contribution in [2.45, 2.75) is 39.0 Å². The Morgan fingerprint density at radius 2 is 2.16 bits per heavy atom. The molecule has 0 aromatic carbocycles. The molecule has 1 fully saturated rings. The number of likely N-dealkylation sites (tertiary alicyclic amines) is 1. The molecule has 5 nitrogen and oxygen atoms in total. The van der Waals surface area contributed by atoms with Gasteiger partial charge in [-0.1, -0.05) is 25.8 Å². The largest absolute Gasteiger partial charge is 0.478 e. The number of urea groups is 1. The third-order valence-corrected chi connectivity index (χ3v) is 3.46. The molecule has 0 spiro atoms. The summed E-state index contributed by atoms with van der Waals surface area (Å²) in [4.78, 5) is 24.0. The molecule has 0 saturated carbocycles. The summed E-state index contributed by atoms with van der Waals surface area (Å²) in [5.41, 5.74) is 0. The monoisotopic (exact) mass is 268 g/mol. The summed E-state index contributed by atoms with van der Waals surface area (Å²) in [6, 6.07) is -0.0906. The third-order valence-electron chi connectivity index (χ3n) is 3.46.